The van der Waals surface area contributed by atoms with Gasteiger partial charge >= 0.3 is 5.97 Å². The van der Waals surface area contributed by atoms with E-state index in [4.69, 9.17) is 9.84 Å². The first-order chi connectivity index (χ1) is 10.6. The Morgan fingerprint density at radius 2 is 2.23 bits per heavy atom. The van der Waals surface area contributed by atoms with Gasteiger partial charge in [-0.2, -0.15) is 0 Å². The van der Waals surface area contributed by atoms with Gasteiger partial charge in [0, 0.05) is 6.54 Å². The summed E-state index contributed by atoms with van der Waals surface area (Å²) in [5, 5.41) is 15.3. The van der Waals surface area contributed by atoms with E-state index in [2.05, 4.69) is 14.9 Å². The van der Waals surface area contributed by atoms with Gasteiger partial charge < -0.3 is 15.2 Å². The van der Waals surface area contributed by atoms with Crippen molar-refractivity contribution >= 4 is 23.4 Å². The average molecular weight is 321 g/mol. The number of ether oxygens (including phenoxy) is 1. The second kappa shape index (κ2) is 7.51. The van der Waals surface area contributed by atoms with Crippen LogP contribution in [0, 0.1) is 0 Å². The first kappa shape index (κ1) is 15.9. The Kier molecular flexibility index (Phi) is 5.42. The molecule has 2 N–H and O–H groups in total. The van der Waals surface area contributed by atoms with Crippen LogP contribution in [-0.4, -0.2) is 33.2 Å². The van der Waals surface area contributed by atoms with Crippen molar-refractivity contribution in [3.05, 3.63) is 40.4 Å². The zero-order chi connectivity index (χ0) is 15.9. The van der Waals surface area contributed by atoms with Crippen LogP contribution < -0.4 is 10.1 Å². The van der Waals surface area contributed by atoms with Crippen molar-refractivity contribution in [2.24, 2.45) is 0 Å². The smallest absolute Gasteiger partial charge is 0.341 e. The molecule has 0 aliphatic carbocycles. The highest BCUT2D eigenvalue weighted by Crippen LogP contribution is 2.14. The fraction of sp³-hybridized carbons (Fsp3) is 0.286. The molecular weight excluding hydrogens is 306 g/mol. The zero-order valence-corrected chi connectivity index (χ0v) is 12.7. The molecule has 0 atom stereocenters. The molecule has 0 aliphatic rings. The van der Waals surface area contributed by atoms with Crippen molar-refractivity contribution in [3.8, 4) is 5.75 Å². The van der Waals surface area contributed by atoms with Crippen LogP contribution in [0.25, 0.3) is 0 Å². The van der Waals surface area contributed by atoms with Crippen molar-refractivity contribution in [3.63, 3.8) is 0 Å². The van der Waals surface area contributed by atoms with E-state index in [1.165, 1.54) is 0 Å². The van der Waals surface area contributed by atoms with Crippen LogP contribution in [0.2, 0.25) is 0 Å². The molecule has 116 valence electrons. The van der Waals surface area contributed by atoms with Crippen LogP contribution >= 0.6 is 11.5 Å². The van der Waals surface area contributed by atoms with E-state index >= 15 is 0 Å². The van der Waals surface area contributed by atoms with Crippen LogP contribution in [0.1, 0.15) is 27.9 Å². The molecule has 22 heavy (non-hydrogen) atoms. The Morgan fingerprint density at radius 3 is 2.95 bits per heavy atom. The molecule has 1 aromatic heterocycles. The average Bonchev–Trinajstić information content (AvgIpc) is 2.99. The third-order valence-corrected chi connectivity index (χ3v) is 3.58. The highest BCUT2D eigenvalue weighted by atomic mass is 32.1. The van der Waals surface area contributed by atoms with Crippen molar-refractivity contribution in [1.82, 2.24) is 14.9 Å². The van der Waals surface area contributed by atoms with Gasteiger partial charge in [0.15, 0.2) is 6.61 Å². The molecule has 1 amide bonds. The van der Waals surface area contributed by atoms with Gasteiger partial charge in [-0.1, -0.05) is 23.5 Å². The van der Waals surface area contributed by atoms with E-state index in [0.717, 1.165) is 17.1 Å². The number of amides is 1. The minimum Gasteiger partial charge on any atom is -0.482 e. The number of nitrogens with one attached hydrogen (secondary N) is 1. The van der Waals surface area contributed by atoms with Crippen LogP contribution in [0.3, 0.4) is 0 Å². The van der Waals surface area contributed by atoms with Crippen LogP contribution in [0.15, 0.2) is 24.3 Å². The summed E-state index contributed by atoms with van der Waals surface area (Å²) in [5.41, 5.74) is 1.49. The van der Waals surface area contributed by atoms with Crippen molar-refractivity contribution in [1.29, 1.82) is 0 Å². The SMILES string of the molecule is CCc1nnsc1C(=O)NCc1cccc(OCC(=O)O)c1. The monoisotopic (exact) mass is 321 g/mol. The molecule has 1 heterocycles. The lowest BCUT2D eigenvalue weighted by atomic mass is 10.2. The number of aryl methyl sites for hydroxylation is 1. The number of hydrogen-bond donors (Lipinski definition) is 2. The second-order valence-corrected chi connectivity index (χ2v) is 5.17. The van der Waals surface area contributed by atoms with Crippen LogP contribution in [0.4, 0.5) is 0 Å². The van der Waals surface area contributed by atoms with Gasteiger partial charge in [0.05, 0.1) is 5.69 Å². The fourth-order valence-electron chi connectivity index (χ4n) is 1.77. The first-order valence-corrected chi connectivity index (χ1v) is 7.40. The Bertz CT molecular complexity index is 672. The number of carboxylic acids is 1. The summed E-state index contributed by atoms with van der Waals surface area (Å²) in [6, 6.07) is 6.91. The molecule has 1 aromatic carbocycles. The molecule has 0 saturated heterocycles. The van der Waals surface area contributed by atoms with Gasteiger partial charge in [0.1, 0.15) is 10.6 Å². The fourth-order valence-corrected chi connectivity index (χ4v) is 2.43. The minimum atomic E-state index is -1.04. The van der Waals surface area contributed by atoms with E-state index in [9.17, 15) is 9.59 Å². The number of hydrogen-bond acceptors (Lipinski definition) is 6. The first-order valence-electron chi connectivity index (χ1n) is 6.63. The molecular formula is C14H15N3O4S. The molecule has 8 heteroatoms. The molecule has 7 nitrogen and oxygen atoms in total. The third kappa shape index (κ3) is 4.26. The molecule has 0 saturated carbocycles. The molecule has 0 spiro atoms. The van der Waals surface area contributed by atoms with Crippen LogP contribution in [-0.2, 0) is 17.8 Å². The van der Waals surface area contributed by atoms with Gasteiger partial charge in [0.2, 0.25) is 0 Å². The highest BCUT2D eigenvalue weighted by molar-refractivity contribution is 7.08. The number of rotatable bonds is 7. The predicted molar refractivity (Wildman–Crippen MR) is 80.0 cm³/mol. The molecule has 2 rings (SSSR count). The number of carboxylic acid groups (broad SMARTS) is 1. The Hall–Kier alpha value is -2.48. The molecule has 0 bridgehead atoms. The lowest BCUT2D eigenvalue weighted by Crippen LogP contribution is -2.23. The Balaban J connectivity index is 1.95. The number of aliphatic carboxylic acids is 1. The van der Waals surface area contributed by atoms with Gasteiger partial charge in [-0.05, 0) is 35.6 Å². The highest BCUT2D eigenvalue weighted by Gasteiger charge is 2.14. The zero-order valence-electron chi connectivity index (χ0n) is 11.9. The lowest BCUT2D eigenvalue weighted by Gasteiger charge is -2.07. The third-order valence-electron chi connectivity index (χ3n) is 2.81. The molecule has 0 radical (unpaired) electrons. The van der Waals surface area contributed by atoms with Gasteiger partial charge in [-0.25, -0.2) is 4.79 Å². The van der Waals surface area contributed by atoms with Crippen LogP contribution in [0.5, 0.6) is 5.75 Å². The van der Waals surface area contributed by atoms with E-state index in [1.807, 2.05) is 13.0 Å². The molecule has 0 fully saturated rings. The number of benzene rings is 1. The summed E-state index contributed by atoms with van der Waals surface area (Å²) in [6.45, 7) is 1.82. The van der Waals surface area contributed by atoms with Crippen molar-refractivity contribution < 1.29 is 19.4 Å². The summed E-state index contributed by atoms with van der Waals surface area (Å²) < 4.78 is 8.87. The molecule has 0 aliphatic heterocycles. The maximum atomic E-state index is 12.1. The largest absolute Gasteiger partial charge is 0.482 e. The predicted octanol–water partition coefficient (Wildman–Crippen LogP) is 1.49. The van der Waals surface area contributed by atoms with Crippen molar-refractivity contribution in [2.75, 3.05) is 6.61 Å². The number of carbonyl (C=O) groups is 2. The number of carbonyl (C=O) groups excluding carboxylic acids is 1. The quantitative estimate of drug-likeness (QED) is 0.801. The standard InChI is InChI=1S/C14H15N3O4S/c1-2-11-13(22-17-16-11)14(20)15-7-9-4-3-5-10(6-9)21-8-12(18)19/h3-6H,2,7-8H2,1H3,(H,15,20)(H,18,19). The van der Waals surface area contributed by atoms with E-state index in [1.54, 1.807) is 18.2 Å². The summed E-state index contributed by atoms with van der Waals surface area (Å²) >= 11 is 1.07. The number of aromatic nitrogens is 2. The summed E-state index contributed by atoms with van der Waals surface area (Å²) in [5.74, 6) is -0.810. The van der Waals surface area contributed by atoms with E-state index in [-0.39, 0.29) is 5.91 Å². The molecule has 2 aromatic rings. The normalized spacial score (nSPS) is 10.2. The Labute approximate surface area is 131 Å². The number of nitrogens with zero attached hydrogens (tertiary/aromatic N) is 2. The second-order valence-electron chi connectivity index (χ2n) is 4.41. The van der Waals surface area contributed by atoms with Gasteiger partial charge in [0.25, 0.3) is 5.91 Å². The van der Waals surface area contributed by atoms with E-state index < -0.39 is 12.6 Å². The summed E-state index contributed by atoms with van der Waals surface area (Å²) in [7, 11) is 0. The summed E-state index contributed by atoms with van der Waals surface area (Å²) in [6.07, 6.45) is 0.651. The maximum absolute atomic E-state index is 12.1. The van der Waals surface area contributed by atoms with E-state index in [0.29, 0.717) is 29.3 Å². The van der Waals surface area contributed by atoms with Gasteiger partial charge in [-0.15, -0.1) is 5.10 Å². The minimum absolute atomic E-state index is 0.219. The lowest BCUT2D eigenvalue weighted by molar-refractivity contribution is -0.139. The van der Waals surface area contributed by atoms with Gasteiger partial charge in [-0.3, -0.25) is 4.79 Å². The topological polar surface area (TPSA) is 101 Å². The van der Waals surface area contributed by atoms with Crippen molar-refractivity contribution in [2.45, 2.75) is 19.9 Å². The summed E-state index contributed by atoms with van der Waals surface area (Å²) in [4.78, 5) is 23.1. The molecule has 0 unspecified atom stereocenters. The maximum Gasteiger partial charge on any atom is 0.341 e. The Morgan fingerprint density at radius 1 is 1.41 bits per heavy atom.